The summed E-state index contributed by atoms with van der Waals surface area (Å²) < 4.78 is 16.8. The Balaban J connectivity index is 4.07. The molecule has 0 spiro atoms. The molecule has 0 aliphatic heterocycles. The van der Waals surface area contributed by atoms with Gasteiger partial charge in [0.1, 0.15) is 13.2 Å². The molecular weight excluding hydrogens is 937 g/mol. The highest BCUT2D eigenvalue weighted by molar-refractivity contribution is 5.71. The van der Waals surface area contributed by atoms with Crippen LogP contribution in [-0.4, -0.2) is 37.2 Å². The number of allylic oxidation sites excluding steroid dienone is 18. The molecule has 6 nitrogen and oxygen atoms in total. The molecular formula is C70H118O6. The zero-order chi connectivity index (χ0) is 55.0. The largest absolute Gasteiger partial charge is 0.462 e. The van der Waals surface area contributed by atoms with Gasteiger partial charge in [-0.05, 0) is 109 Å². The Bertz CT molecular complexity index is 1540. The lowest BCUT2D eigenvalue weighted by Crippen LogP contribution is -2.30. The van der Waals surface area contributed by atoms with Crippen molar-refractivity contribution in [1.82, 2.24) is 0 Å². The van der Waals surface area contributed by atoms with Crippen LogP contribution in [0.5, 0.6) is 0 Å². The Hall–Kier alpha value is -3.93. The van der Waals surface area contributed by atoms with E-state index in [-0.39, 0.29) is 31.1 Å². The molecule has 1 unspecified atom stereocenters. The van der Waals surface area contributed by atoms with Crippen LogP contribution in [0, 0.1) is 0 Å². The van der Waals surface area contributed by atoms with Crippen molar-refractivity contribution < 1.29 is 28.6 Å². The third-order valence-electron chi connectivity index (χ3n) is 13.5. The van der Waals surface area contributed by atoms with Crippen LogP contribution in [0.25, 0.3) is 0 Å². The van der Waals surface area contributed by atoms with Gasteiger partial charge in [0.2, 0.25) is 0 Å². The molecule has 0 saturated carbocycles. The summed E-state index contributed by atoms with van der Waals surface area (Å²) >= 11 is 0. The number of carbonyl (C=O) groups is 3. The number of hydrogen-bond acceptors (Lipinski definition) is 6. The van der Waals surface area contributed by atoms with E-state index < -0.39 is 6.10 Å². The van der Waals surface area contributed by atoms with Gasteiger partial charge in [-0.15, -0.1) is 0 Å². The summed E-state index contributed by atoms with van der Waals surface area (Å²) in [5.74, 6) is -0.891. The van der Waals surface area contributed by atoms with Gasteiger partial charge in [-0.2, -0.15) is 0 Å². The van der Waals surface area contributed by atoms with E-state index in [1.165, 1.54) is 148 Å². The van der Waals surface area contributed by atoms with Gasteiger partial charge < -0.3 is 14.2 Å². The second-order valence-corrected chi connectivity index (χ2v) is 20.9. The lowest BCUT2D eigenvalue weighted by atomic mass is 10.0. The van der Waals surface area contributed by atoms with Crippen molar-refractivity contribution in [1.29, 1.82) is 0 Å². The second-order valence-electron chi connectivity index (χ2n) is 20.9. The maximum absolute atomic E-state index is 12.8. The van der Waals surface area contributed by atoms with E-state index in [0.29, 0.717) is 19.3 Å². The number of ether oxygens (including phenoxy) is 3. The average molecular weight is 1060 g/mol. The minimum Gasteiger partial charge on any atom is -0.462 e. The van der Waals surface area contributed by atoms with Gasteiger partial charge in [0.15, 0.2) is 6.10 Å². The topological polar surface area (TPSA) is 78.9 Å². The Morgan fingerprint density at radius 2 is 0.513 bits per heavy atom. The molecule has 0 amide bonds. The highest BCUT2D eigenvalue weighted by Gasteiger charge is 2.19. The van der Waals surface area contributed by atoms with E-state index in [1.807, 2.05) is 0 Å². The van der Waals surface area contributed by atoms with Crippen molar-refractivity contribution in [2.75, 3.05) is 13.2 Å². The highest BCUT2D eigenvalue weighted by atomic mass is 16.6. The van der Waals surface area contributed by atoms with E-state index in [1.54, 1.807) is 0 Å². The predicted octanol–water partition coefficient (Wildman–Crippen LogP) is 21.8. The van der Waals surface area contributed by atoms with Crippen LogP contribution in [0.1, 0.15) is 297 Å². The third-order valence-corrected chi connectivity index (χ3v) is 13.5. The number of rotatable bonds is 57. The first-order chi connectivity index (χ1) is 37.5. The smallest absolute Gasteiger partial charge is 0.306 e. The Kier molecular flexibility index (Phi) is 60.3. The summed E-state index contributed by atoms with van der Waals surface area (Å²) in [6.45, 7) is 6.45. The normalized spacial score (nSPS) is 12.8. The van der Waals surface area contributed by atoms with Gasteiger partial charge in [0.25, 0.3) is 0 Å². The molecule has 0 aliphatic carbocycles. The quantitative estimate of drug-likeness (QED) is 0.0261. The van der Waals surface area contributed by atoms with Crippen LogP contribution in [0.2, 0.25) is 0 Å². The van der Waals surface area contributed by atoms with E-state index in [2.05, 4.69) is 130 Å². The number of hydrogen-bond donors (Lipinski definition) is 0. The first-order valence-corrected chi connectivity index (χ1v) is 31.9. The summed E-state index contributed by atoms with van der Waals surface area (Å²) in [6.07, 6.45) is 87.0. The minimum absolute atomic E-state index is 0.0792. The Labute approximate surface area is 470 Å². The molecule has 0 aromatic heterocycles. The molecule has 0 aromatic carbocycles. The number of esters is 3. The molecule has 0 bridgehead atoms. The summed E-state index contributed by atoms with van der Waals surface area (Å²) in [6, 6.07) is 0. The fourth-order valence-electron chi connectivity index (χ4n) is 8.75. The maximum atomic E-state index is 12.8. The minimum atomic E-state index is -0.779. The first-order valence-electron chi connectivity index (χ1n) is 31.9. The molecule has 0 radical (unpaired) electrons. The SMILES string of the molecule is CC/C=C\C/C=C\C/C=C\C/C=C\C/C=C\C/C=C\C/C=C\CCCCCCCCCCCCCC(=O)OCC(COC(=O)CCCCCCCC)OC(=O)CCCCCCCCCCC/C=C\C/C=C\CCCCC. The van der Waals surface area contributed by atoms with E-state index in [4.69, 9.17) is 14.2 Å². The van der Waals surface area contributed by atoms with E-state index in [0.717, 1.165) is 109 Å². The van der Waals surface area contributed by atoms with Crippen LogP contribution < -0.4 is 0 Å². The van der Waals surface area contributed by atoms with Crippen molar-refractivity contribution in [3.05, 3.63) is 109 Å². The van der Waals surface area contributed by atoms with Crippen LogP contribution in [0.3, 0.4) is 0 Å². The third kappa shape index (κ3) is 60.9. The lowest BCUT2D eigenvalue weighted by Gasteiger charge is -2.18. The van der Waals surface area contributed by atoms with Gasteiger partial charge in [-0.25, -0.2) is 0 Å². The van der Waals surface area contributed by atoms with E-state index in [9.17, 15) is 14.4 Å². The number of carbonyl (C=O) groups excluding carboxylic acids is 3. The summed E-state index contributed by atoms with van der Waals surface area (Å²) in [7, 11) is 0. The Morgan fingerprint density at radius 1 is 0.276 bits per heavy atom. The van der Waals surface area contributed by atoms with Crippen molar-refractivity contribution in [3.63, 3.8) is 0 Å². The molecule has 0 N–H and O–H groups in total. The van der Waals surface area contributed by atoms with Crippen molar-refractivity contribution in [2.24, 2.45) is 0 Å². The van der Waals surface area contributed by atoms with Crippen LogP contribution >= 0.6 is 0 Å². The summed E-state index contributed by atoms with van der Waals surface area (Å²) in [5, 5.41) is 0. The van der Waals surface area contributed by atoms with Crippen LogP contribution in [0.15, 0.2) is 109 Å². The first kappa shape index (κ1) is 72.1. The molecule has 6 heteroatoms. The second kappa shape index (κ2) is 63.6. The molecule has 1 atom stereocenters. The molecule has 0 aliphatic rings. The monoisotopic (exact) mass is 1050 g/mol. The zero-order valence-electron chi connectivity index (χ0n) is 49.7. The van der Waals surface area contributed by atoms with Gasteiger partial charge in [-0.3, -0.25) is 14.4 Å². The van der Waals surface area contributed by atoms with Crippen molar-refractivity contribution in [2.45, 2.75) is 303 Å². The molecule has 0 saturated heterocycles. The molecule has 0 fully saturated rings. The summed E-state index contributed by atoms with van der Waals surface area (Å²) in [4.78, 5) is 38.0. The lowest BCUT2D eigenvalue weighted by molar-refractivity contribution is -0.167. The van der Waals surface area contributed by atoms with Crippen molar-refractivity contribution >= 4 is 17.9 Å². The average Bonchev–Trinajstić information content (AvgIpc) is 3.42. The van der Waals surface area contributed by atoms with Gasteiger partial charge >= 0.3 is 17.9 Å². The maximum Gasteiger partial charge on any atom is 0.306 e. The van der Waals surface area contributed by atoms with Gasteiger partial charge in [-0.1, -0.05) is 278 Å². The predicted molar refractivity (Wildman–Crippen MR) is 330 cm³/mol. The van der Waals surface area contributed by atoms with Crippen molar-refractivity contribution in [3.8, 4) is 0 Å². The molecule has 0 aromatic rings. The molecule has 76 heavy (non-hydrogen) atoms. The standard InChI is InChI=1S/C70H118O6/c1-4-7-10-13-16-18-20-22-24-26-28-29-30-31-32-33-34-35-36-37-38-39-40-41-43-44-46-48-50-52-54-57-60-63-69(72)75-66-67(65-74-68(71)62-59-56-15-12-9-6-3)76-70(73)64-61-58-55-53-51-49-47-45-42-27-25-23-21-19-17-14-11-8-5-2/h7,10,16-19,22-25,28-29,31-32,34-35,37-38,67H,4-6,8-9,11-15,20-21,26-27,30,33,36,39-66H2,1-3H3/b10-7-,18-16-,19-17-,24-22-,25-23-,29-28-,32-31-,35-34-,38-37-. The number of unbranched alkanes of at least 4 members (excludes halogenated alkanes) is 28. The fraction of sp³-hybridized carbons (Fsp3) is 0.700. The van der Waals surface area contributed by atoms with Crippen LogP contribution in [-0.2, 0) is 28.6 Å². The molecule has 0 heterocycles. The Morgan fingerprint density at radius 3 is 0.829 bits per heavy atom. The highest BCUT2D eigenvalue weighted by Crippen LogP contribution is 2.16. The summed E-state index contributed by atoms with van der Waals surface area (Å²) in [5.41, 5.74) is 0. The van der Waals surface area contributed by atoms with Gasteiger partial charge in [0.05, 0.1) is 0 Å². The van der Waals surface area contributed by atoms with E-state index >= 15 is 0 Å². The zero-order valence-corrected chi connectivity index (χ0v) is 49.7. The molecule has 434 valence electrons. The fourth-order valence-corrected chi connectivity index (χ4v) is 8.75. The van der Waals surface area contributed by atoms with Crippen LogP contribution in [0.4, 0.5) is 0 Å². The van der Waals surface area contributed by atoms with Gasteiger partial charge in [0, 0.05) is 19.3 Å². The molecule has 0 rings (SSSR count).